The van der Waals surface area contributed by atoms with Crippen LogP contribution >= 0.6 is 0 Å². The van der Waals surface area contributed by atoms with Gasteiger partial charge in [0.25, 0.3) is 0 Å². The summed E-state index contributed by atoms with van der Waals surface area (Å²) in [4.78, 5) is 25.6. The summed E-state index contributed by atoms with van der Waals surface area (Å²) < 4.78 is 0. The number of aliphatic carboxylic acids is 1. The van der Waals surface area contributed by atoms with E-state index in [0.29, 0.717) is 5.92 Å². The van der Waals surface area contributed by atoms with Gasteiger partial charge in [-0.15, -0.1) is 0 Å². The number of amides is 1. The van der Waals surface area contributed by atoms with Crippen molar-refractivity contribution in [1.82, 2.24) is 4.90 Å². The molecule has 4 heteroatoms. The van der Waals surface area contributed by atoms with Gasteiger partial charge < -0.3 is 10.0 Å². The zero-order valence-corrected chi connectivity index (χ0v) is 12.3. The minimum Gasteiger partial charge on any atom is -0.481 e. The first-order valence-electron chi connectivity index (χ1n) is 7.28. The molecule has 0 saturated heterocycles. The van der Waals surface area contributed by atoms with Crippen LogP contribution in [0.1, 0.15) is 46.5 Å². The Morgan fingerprint density at radius 1 is 1.16 bits per heavy atom. The van der Waals surface area contributed by atoms with Crippen LogP contribution < -0.4 is 0 Å². The van der Waals surface area contributed by atoms with Gasteiger partial charge in [0, 0.05) is 13.1 Å². The molecule has 0 radical (unpaired) electrons. The van der Waals surface area contributed by atoms with Crippen molar-refractivity contribution < 1.29 is 14.7 Å². The predicted octanol–water partition coefficient (Wildman–Crippen LogP) is 2.38. The van der Waals surface area contributed by atoms with Gasteiger partial charge in [-0.1, -0.05) is 33.6 Å². The van der Waals surface area contributed by atoms with Crippen molar-refractivity contribution in [2.45, 2.75) is 52.5 Å². The number of carboxylic acid groups (broad SMARTS) is 1. The maximum absolute atomic E-state index is 12.5. The second-order valence-corrected chi connectivity index (χ2v) is 6.89. The van der Waals surface area contributed by atoms with Crippen molar-refractivity contribution in [2.24, 2.45) is 23.2 Å². The topological polar surface area (TPSA) is 57.6 Å². The van der Waals surface area contributed by atoms with E-state index in [2.05, 4.69) is 6.92 Å². The van der Waals surface area contributed by atoms with Crippen LogP contribution in [0.5, 0.6) is 0 Å². The SMILES string of the molecule is CC1CCCCC1N(C)C(=O)[C@H]1[C@@H](C(=O)O)C1(C)C. The first-order chi connectivity index (χ1) is 8.78. The number of carbonyl (C=O) groups is 2. The van der Waals surface area contributed by atoms with Gasteiger partial charge in [0.2, 0.25) is 5.91 Å². The number of carbonyl (C=O) groups excluding carboxylic acids is 1. The van der Waals surface area contributed by atoms with Crippen LogP contribution in [0.3, 0.4) is 0 Å². The largest absolute Gasteiger partial charge is 0.481 e. The van der Waals surface area contributed by atoms with Gasteiger partial charge in [0.1, 0.15) is 0 Å². The molecule has 4 nitrogen and oxygen atoms in total. The molecule has 2 saturated carbocycles. The van der Waals surface area contributed by atoms with E-state index in [4.69, 9.17) is 0 Å². The van der Waals surface area contributed by atoms with E-state index < -0.39 is 17.3 Å². The summed E-state index contributed by atoms with van der Waals surface area (Å²) in [6.45, 7) is 5.96. The Morgan fingerprint density at radius 2 is 1.74 bits per heavy atom. The molecule has 0 spiro atoms. The van der Waals surface area contributed by atoms with Crippen molar-refractivity contribution >= 4 is 11.9 Å². The highest BCUT2D eigenvalue weighted by Crippen LogP contribution is 2.59. The summed E-state index contributed by atoms with van der Waals surface area (Å²) in [5.74, 6) is -1.15. The molecule has 0 heterocycles. The summed E-state index contributed by atoms with van der Waals surface area (Å²) in [7, 11) is 1.85. The van der Waals surface area contributed by atoms with E-state index in [1.54, 1.807) is 0 Å². The monoisotopic (exact) mass is 267 g/mol. The molecule has 0 aromatic rings. The van der Waals surface area contributed by atoms with Gasteiger partial charge in [-0.25, -0.2) is 0 Å². The Morgan fingerprint density at radius 3 is 2.21 bits per heavy atom. The Kier molecular flexibility index (Phi) is 3.63. The van der Waals surface area contributed by atoms with E-state index >= 15 is 0 Å². The highest BCUT2D eigenvalue weighted by Gasteiger charge is 2.66. The number of hydrogen-bond acceptors (Lipinski definition) is 2. The Hall–Kier alpha value is -1.06. The summed E-state index contributed by atoms with van der Waals surface area (Å²) >= 11 is 0. The van der Waals surface area contributed by atoms with Crippen molar-refractivity contribution in [3.05, 3.63) is 0 Å². The molecule has 2 rings (SSSR count). The van der Waals surface area contributed by atoms with Crippen LogP contribution in [0.25, 0.3) is 0 Å². The molecular weight excluding hydrogens is 242 g/mol. The predicted molar refractivity (Wildman–Crippen MR) is 72.6 cm³/mol. The molecule has 2 aliphatic rings. The molecule has 19 heavy (non-hydrogen) atoms. The molecule has 108 valence electrons. The minimum absolute atomic E-state index is 0.0242. The van der Waals surface area contributed by atoms with Crippen molar-refractivity contribution in [3.8, 4) is 0 Å². The Bertz CT molecular complexity index is 391. The average molecular weight is 267 g/mol. The van der Waals surface area contributed by atoms with Gasteiger partial charge in [0.15, 0.2) is 0 Å². The van der Waals surface area contributed by atoms with Gasteiger partial charge in [0.05, 0.1) is 11.8 Å². The molecule has 4 atom stereocenters. The number of nitrogens with zero attached hydrogens (tertiary/aromatic N) is 1. The molecule has 1 amide bonds. The zero-order valence-electron chi connectivity index (χ0n) is 12.3. The van der Waals surface area contributed by atoms with Crippen molar-refractivity contribution in [2.75, 3.05) is 7.05 Å². The third kappa shape index (κ3) is 2.37. The van der Waals surface area contributed by atoms with Crippen LogP contribution in [-0.4, -0.2) is 35.0 Å². The normalized spacial score (nSPS) is 36.6. The maximum Gasteiger partial charge on any atom is 0.307 e. The van der Waals surface area contributed by atoms with Gasteiger partial charge in [-0.2, -0.15) is 0 Å². The third-order valence-corrected chi connectivity index (χ3v) is 5.27. The van der Waals surface area contributed by atoms with E-state index in [-0.39, 0.29) is 17.9 Å². The lowest BCUT2D eigenvalue weighted by Crippen LogP contribution is -2.44. The molecule has 0 aliphatic heterocycles. The highest BCUT2D eigenvalue weighted by atomic mass is 16.4. The molecule has 0 aromatic carbocycles. The molecular formula is C15H25NO3. The fourth-order valence-corrected chi connectivity index (χ4v) is 3.81. The number of rotatable bonds is 3. The number of hydrogen-bond donors (Lipinski definition) is 1. The van der Waals surface area contributed by atoms with Gasteiger partial charge in [-0.3, -0.25) is 9.59 Å². The molecule has 2 unspecified atom stereocenters. The fourth-order valence-electron chi connectivity index (χ4n) is 3.81. The molecule has 0 bridgehead atoms. The average Bonchev–Trinajstić information content (AvgIpc) is 2.91. The van der Waals surface area contributed by atoms with E-state index in [0.717, 1.165) is 6.42 Å². The lowest BCUT2D eigenvalue weighted by molar-refractivity contribution is -0.142. The lowest BCUT2D eigenvalue weighted by atomic mass is 9.85. The van der Waals surface area contributed by atoms with Crippen molar-refractivity contribution in [1.29, 1.82) is 0 Å². The first kappa shape index (κ1) is 14.4. The zero-order chi connectivity index (χ0) is 14.4. The van der Waals surface area contributed by atoms with E-state index in [1.807, 2.05) is 25.8 Å². The van der Waals surface area contributed by atoms with Crippen LogP contribution in [0, 0.1) is 23.2 Å². The minimum atomic E-state index is -0.839. The second-order valence-electron chi connectivity index (χ2n) is 6.89. The second kappa shape index (κ2) is 4.80. The lowest BCUT2D eigenvalue weighted by Gasteiger charge is -2.36. The first-order valence-corrected chi connectivity index (χ1v) is 7.28. The van der Waals surface area contributed by atoms with Gasteiger partial charge in [-0.05, 0) is 24.2 Å². The molecule has 2 fully saturated rings. The third-order valence-electron chi connectivity index (χ3n) is 5.27. The standard InChI is InChI=1S/C15H25NO3/c1-9-7-5-6-8-10(9)16(4)13(17)11-12(14(18)19)15(11,2)3/h9-12H,5-8H2,1-4H3,(H,18,19)/t9?,10?,11-,12+/m1/s1. The summed E-state index contributed by atoms with van der Waals surface area (Å²) in [6, 6.07) is 0.284. The van der Waals surface area contributed by atoms with Crippen LogP contribution in [0.2, 0.25) is 0 Å². The highest BCUT2D eigenvalue weighted by molar-refractivity contribution is 5.91. The van der Waals surface area contributed by atoms with Crippen LogP contribution in [0.15, 0.2) is 0 Å². The Balaban J connectivity index is 2.06. The van der Waals surface area contributed by atoms with Gasteiger partial charge >= 0.3 is 5.97 Å². The smallest absolute Gasteiger partial charge is 0.307 e. The summed E-state index contributed by atoms with van der Waals surface area (Å²) in [6.07, 6.45) is 4.63. The van der Waals surface area contributed by atoms with E-state index in [9.17, 15) is 14.7 Å². The quantitative estimate of drug-likeness (QED) is 0.854. The summed E-state index contributed by atoms with van der Waals surface area (Å²) in [5, 5.41) is 9.18. The van der Waals surface area contributed by atoms with Crippen LogP contribution in [-0.2, 0) is 9.59 Å². The molecule has 2 aliphatic carbocycles. The molecule has 1 N–H and O–H groups in total. The van der Waals surface area contributed by atoms with E-state index in [1.165, 1.54) is 19.3 Å². The maximum atomic E-state index is 12.5. The Labute approximate surface area is 115 Å². The fraction of sp³-hybridized carbons (Fsp3) is 0.867. The van der Waals surface area contributed by atoms with Crippen LogP contribution in [0.4, 0.5) is 0 Å². The summed E-state index contributed by atoms with van der Waals surface area (Å²) in [5.41, 5.74) is -0.394. The number of carboxylic acids is 1. The van der Waals surface area contributed by atoms with Crippen molar-refractivity contribution in [3.63, 3.8) is 0 Å². The molecule has 0 aromatic heterocycles.